The van der Waals surface area contributed by atoms with E-state index in [-0.39, 0.29) is 69.4 Å². The molecule has 5 atom stereocenters. The van der Waals surface area contributed by atoms with Crippen molar-refractivity contribution in [1.29, 1.82) is 0 Å². The smallest absolute Gasteiger partial charge is 0.778 e. The Morgan fingerprint density at radius 3 is 1.82 bits per heavy atom. The van der Waals surface area contributed by atoms with Gasteiger partial charge in [-0.3, -0.25) is 8.80 Å². The molecule has 4 saturated heterocycles. The van der Waals surface area contributed by atoms with E-state index in [9.17, 15) is 4.21 Å². The van der Waals surface area contributed by atoms with Crippen LogP contribution in [-0.2, 0) is 33.1 Å². The minimum Gasteiger partial charge on any atom is -0.778 e. The number of hydrogen-bond acceptors (Lipinski definition) is 14. The molecule has 0 saturated carbocycles. The van der Waals surface area contributed by atoms with E-state index in [4.69, 9.17) is 84.2 Å². The number of halogens is 5. The van der Waals surface area contributed by atoms with Crippen molar-refractivity contribution >= 4 is 121 Å². The van der Waals surface area contributed by atoms with Crippen LogP contribution >= 0.6 is 74.1 Å². The zero-order chi connectivity index (χ0) is 53.0. The number of ether oxygens (including phenoxy) is 2. The number of aromatic nitrogens is 6. The Kier molecular flexibility index (Phi) is 21.5. The SMILES string of the molecule is Cc1nc(N2CCC3(CC2)CO[C@@H](C)[C@H]3N)n2ccnc2c1Sc1cccc(Cl)c1Cl.Cc1nc(N2CCC3(CC2)CO[C@@H](C)[C@H]3N[S@](=O)C(C)(C)C)n2ccnc2c1Br.N/N=N/N.[Na+].[S-]c1cccc(Cl)c1Cl. The number of fused-ring (bicyclic) bond motifs is 2. The summed E-state index contributed by atoms with van der Waals surface area (Å²) < 4.78 is 32.9. The van der Waals surface area contributed by atoms with E-state index in [1.54, 1.807) is 36.0 Å². The van der Waals surface area contributed by atoms with Crippen LogP contribution in [-0.4, -0.2) is 101 Å². The predicted octanol–water partition coefficient (Wildman–Crippen LogP) is 7.14. The average Bonchev–Trinajstić information content (AvgIpc) is 4.18. The molecule has 17 nitrogen and oxygen atoms in total. The summed E-state index contributed by atoms with van der Waals surface area (Å²) in [7, 11) is -1.11. The van der Waals surface area contributed by atoms with Crippen molar-refractivity contribution in [3.05, 3.63) is 97.1 Å². The first-order chi connectivity index (χ1) is 34.6. The third kappa shape index (κ3) is 13.4. The Balaban J connectivity index is 0.000000193. The maximum absolute atomic E-state index is 12.8. The van der Waals surface area contributed by atoms with E-state index < -0.39 is 11.0 Å². The molecule has 0 aliphatic carbocycles. The van der Waals surface area contributed by atoms with Crippen molar-refractivity contribution in [2.75, 3.05) is 49.2 Å². The predicted molar refractivity (Wildman–Crippen MR) is 300 cm³/mol. The number of piperidine rings is 2. The Labute approximate surface area is 495 Å². The van der Waals surface area contributed by atoms with E-state index in [0.717, 1.165) is 107 Å². The second kappa shape index (κ2) is 26.1. The zero-order valence-electron chi connectivity index (χ0n) is 42.7. The van der Waals surface area contributed by atoms with Gasteiger partial charge in [0.15, 0.2) is 11.3 Å². The molecule has 0 radical (unpaired) electrons. The van der Waals surface area contributed by atoms with Crippen LogP contribution in [0.3, 0.4) is 0 Å². The van der Waals surface area contributed by atoms with E-state index in [2.05, 4.69) is 80.8 Å². The molecule has 74 heavy (non-hydrogen) atoms. The van der Waals surface area contributed by atoms with Gasteiger partial charge in [0.25, 0.3) is 0 Å². The molecule has 8 heterocycles. The summed E-state index contributed by atoms with van der Waals surface area (Å²) in [4.78, 5) is 26.1. The molecule has 4 aromatic heterocycles. The van der Waals surface area contributed by atoms with E-state index in [0.29, 0.717) is 31.6 Å². The Hall–Kier alpha value is -2.32. The van der Waals surface area contributed by atoms with Crippen LogP contribution in [0.4, 0.5) is 11.9 Å². The van der Waals surface area contributed by atoms with Crippen LogP contribution in [0.15, 0.2) is 90.8 Å². The van der Waals surface area contributed by atoms with Gasteiger partial charge in [-0.25, -0.2) is 28.9 Å². The van der Waals surface area contributed by atoms with Crippen molar-refractivity contribution in [2.45, 2.75) is 118 Å². The molecule has 2 aromatic carbocycles. The van der Waals surface area contributed by atoms with Gasteiger partial charge >= 0.3 is 29.6 Å². The number of benzene rings is 2. The number of hydrogen-bond donors (Lipinski definition) is 4. The van der Waals surface area contributed by atoms with Gasteiger partial charge in [0.05, 0.1) is 83.0 Å². The summed E-state index contributed by atoms with van der Waals surface area (Å²) in [5.41, 5.74) is 10.2. The number of nitrogens with zero attached hydrogens (tertiary/aromatic N) is 10. The number of imidazole rings is 2. The number of anilines is 2. The van der Waals surface area contributed by atoms with Gasteiger partial charge in [0.1, 0.15) is 0 Å². The van der Waals surface area contributed by atoms with Gasteiger partial charge in [-0.1, -0.05) is 86.8 Å². The monoisotopic (exact) mass is 1220 g/mol. The molecule has 0 amide bonds. The summed E-state index contributed by atoms with van der Waals surface area (Å²) in [6.07, 6.45) is 11.7. The molecule has 6 aromatic rings. The summed E-state index contributed by atoms with van der Waals surface area (Å²) in [6.45, 7) is 19.2. The van der Waals surface area contributed by atoms with E-state index in [1.165, 1.54) is 0 Å². The van der Waals surface area contributed by atoms with Gasteiger partial charge in [-0.2, -0.15) is 4.90 Å². The van der Waals surface area contributed by atoms with Crippen molar-refractivity contribution in [3.8, 4) is 0 Å². The van der Waals surface area contributed by atoms with Crippen molar-refractivity contribution < 1.29 is 43.2 Å². The molecule has 4 aliphatic heterocycles. The number of nitrogens with one attached hydrogen (secondary N) is 1. The standard InChI is InChI=1S/C22H25Cl2N5OS.C20H30BrN5O2S.C6H4Cl2S.H4N4.Na/c1-13-18(31-16-5-3-4-15(23)17(16)24)20-26-8-11-29(20)21(27-13)28-9-6-22(7-10-28)12-30-14(2)19(22)25;1-13-15(21)17-22-8-11-26(17)18(23-13)25-9-6-20(7-10-25)12-28-14(2)16(20)24-29(27)19(3,4)5;7-4-2-1-3-5(9)6(4)8;1-3-4-2;/h3-5,8,11,14,19H,6-7,9-10,12,25H2,1-2H3;8,11,14,16,24H,6-7,9-10,12H2,1-5H3;1-3,9H;(H2,1,4)(H2,2,3);/q;;;;+1/p-1/t14-,19+;14-,16+,29+;;;/m00.../s1. The second-order valence-electron chi connectivity index (χ2n) is 19.5. The number of rotatable bonds is 6. The topological polar surface area (TPSA) is 217 Å². The quantitative estimate of drug-likeness (QED) is 0.0429. The fourth-order valence-electron chi connectivity index (χ4n) is 9.54. The summed E-state index contributed by atoms with van der Waals surface area (Å²) >= 11 is 33.9. The normalized spacial score (nSPS) is 21.5. The first kappa shape index (κ1) is 60.9. The van der Waals surface area contributed by atoms with Crippen LogP contribution in [0.5, 0.6) is 0 Å². The molecule has 7 N–H and O–H groups in total. The summed E-state index contributed by atoms with van der Waals surface area (Å²) in [5.74, 6) is 10.6. The van der Waals surface area contributed by atoms with Crippen molar-refractivity contribution in [2.24, 2.45) is 38.7 Å². The third-order valence-electron chi connectivity index (χ3n) is 13.9. The number of nitrogens with two attached hydrogens (primary N) is 3. The van der Waals surface area contributed by atoms with Crippen molar-refractivity contribution in [1.82, 2.24) is 33.5 Å². The van der Waals surface area contributed by atoms with Gasteiger partial charge in [0, 0.05) is 77.8 Å². The van der Waals surface area contributed by atoms with Gasteiger partial charge in [-0.05, 0) is 108 Å². The molecule has 2 spiro atoms. The largest absolute Gasteiger partial charge is 1.00 e. The molecule has 10 rings (SSSR count). The Morgan fingerprint density at radius 1 is 0.797 bits per heavy atom. The molecule has 0 unspecified atom stereocenters. The minimum atomic E-state index is -1.11. The average molecular weight is 1220 g/mol. The van der Waals surface area contributed by atoms with Crippen LogP contribution in [0.25, 0.3) is 11.3 Å². The van der Waals surface area contributed by atoms with Crippen LogP contribution in [0, 0.1) is 24.7 Å². The molecule has 4 fully saturated rings. The maximum atomic E-state index is 12.8. The van der Waals surface area contributed by atoms with Gasteiger partial charge in [0.2, 0.25) is 11.9 Å². The van der Waals surface area contributed by atoms with E-state index >= 15 is 0 Å². The molecule has 396 valence electrons. The Bertz CT molecular complexity index is 2910. The number of aryl methyl sites for hydroxylation is 2. The molecular formula is C48H62BrCl4N14NaO3S3. The maximum Gasteiger partial charge on any atom is 1.00 e. The van der Waals surface area contributed by atoms with Gasteiger partial charge in [-0.15, -0.1) is 0 Å². The van der Waals surface area contributed by atoms with Crippen molar-refractivity contribution in [3.63, 3.8) is 0 Å². The fourth-order valence-corrected chi connectivity index (χ4v) is 13.0. The second-order valence-corrected chi connectivity index (χ2v) is 25.4. The first-order valence-electron chi connectivity index (χ1n) is 23.7. The van der Waals surface area contributed by atoms with Crippen LogP contribution in [0.2, 0.25) is 20.1 Å². The molecule has 26 heteroatoms. The zero-order valence-corrected chi connectivity index (χ0v) is 51.8. The van der Waals surface area contributed by atoms with Crippen LogP contribution in [0.1, 0.15) is 71.7 Å². The Morgan fingerprint density at radius 2 is 1.30 bits per heavy atom. The summed E-state index contributed by atoms with van der Waals surface area (Å²) in [5, 5.41) is 7.35. The molecular weight excluding hydrogens is 1160 g/mol. The van der Waals surface area contributed by atoms with E-state index in [1.807, 2.05) is 75.9 Å². The third-order valence-corrected chi connectivity index (χ3v) is 19.8. The molecule has 4 aliphatic rings. The summed E-state index contributed by atoms with van der Waals surface area (Å²) in [6, 6.07) is 11.1. The fraction of sp³-hybridized carbons (Fsp3) is 0.500. The molecule has 0 bridgehead atoms. The van der Waals surface area contributed by atoms with Gasteiger partial charge < -0.3 is 49.3 Å². The minimum absolute atomic E-state index is 0. The first-order valence-corrected chi connectivity index (χ1v) is 28.4. The van der Waals surface area contributed by atoms with Crippen LogP contribution < -0.4 is 61.5 Å².